The number of ether oxygens (including phenoxy) is 1. The summed E-state index contributed by atoms with van der Waals surface area (Å²) in [5.41, 5.74) is 0. The molecular weight excluding hydrogens is 163 g/mol. The zero-order valence-electron chi connectivity index (χ0n) is 7.30. The molecule has 0 spiro atoms. The van der Waals surface area contributed by atoms with Crippen molar-refractivity contribution in [2.24, 2.45) is 0 Å². The Morgan fingerprint density at radius 3 is 2.50 bits per heavy atom. The quantitative estimate of drug-likeness (QED) is 0.467. The molecule has 0 aromatic heterocycles. The lowest BCUT2D eigenvalue weighted by atomic mass is 10.2. The lowest BCUT2D eigenvalue weighted by molar-refractivity contribution is -0.146. The van der Waals surface area contributed by atoms with Crippen molar-refractivity contribution in [2.45, 2.75) is 32.9 Å². The lowest BCUT2D eigenvalue weighted by Gasteiger charge is -2.02. The Labute approximate surface area is 70.9 Å². The van der Waals surface area contributed by atoms with Gasteiger partial charge in [0.05, 0.1) is 6.61 Å². The number of ketones is 1. The fourth-order valence-corrected chi connectivity index (χ4v) is 0.550. The number of hydrogen-bond donors (Lipinski definition) is 0. The maximum Gasteiger partial charge on any atom is 0.313 e. The van der Waals surface area contributed by atoms with Crippen LogP contribution in [0.2, 0.25) is 0 Å². The molecule has 0 heterocycles. The average Bonchev–Trinajstić information content (AvgIpc) is 2.00. The van der Waals surface area contributed by atoms with Gasteiger partial charge in [-0.15, -0.1) is 0 Å². The van der Waals surface area contributed by atoms with Crippen LogP contribution in [0.25, 0.3) is 0 Å². The third-order valence-electron chi connectivity index (χ3n) is 1.23. The van der Waals surface area contributed by atoms with E-state index in [0.29, 0.717) is 6.42 Å². The Kier molecular flexibility index (Phi) is 5.25. The van der Waals surface area contributed by atoms with E-state index in [1.807, 2.05) is 6.92 Å². The number of esters is 1. The molecule has 0 saturated heterocycles. The molecule has 0 N–H and O–H groups in total. The second-order valence-electron chi connectivity index (χ2n) is 2.48. The Morgan fingerprint density at radius 2 is 2.08 bits per heavy atom. The highest BCUT2D eigenvalue weighted by atomic mass is 19.1. The molecule has 1 atom stereocenters. The van der Waals surface area contributed by atoms with E-state index < -0.39 is 24.3 Å². The van der Waals surface area contributed by atoms with E-state index in [1.165, 1.54) is 0 Å². The Bertz CT molecular complexity index is 166. The molecule has 0 aliphatic carbocycles. The molecule has 0 radical (unpaired) electrons. The molecule has 0 aromatic rings. The summed E-state index contributed by atoms with van der Waals surface area (Å²) in [6.07, 6.45) is -1.35. The van der Waals surface area contributed by atoms with Gasteiger partial charge in [0, 0.05) is 0 Å². The molecule has 0 bridgehead atoms. The summed E-state index contributed by atoms with van der Waals surface area (Å²) in [4.78, 5) is 21.3. The van der Waals surface area contributed by atoms with Crippen LogP contribution < -0.4 is 0 Å². The highest BCUT2D eigenvalue weighted by Crippen LogP contribution is 1.97. The van der Waals surface area contributed by atoms with Crippen molar-refractivity contribution in [2.75, 3.05) is 6.61 Å². The first-order valence-corrected chi connectivity index (χ1v) is 3.90. The number of Topliss-reactive ketones (excluding diaryl/α,β-unsaturated/α-hetero) is 1. The zero-order chi connectivity index (χ0) is 9.56. The average molecular weight is 176 g/mol. The van der Waals surface area contributed by atoms with Gasteiger partial charge in [-0.05, 0) is 13.3 Å². The van der Waals surface area contributed by atoms with Gasteiger partial charge in [-0.1, -0.05) is 6.92 Å². The van der Waals surface area contributed by atoms with Crippen molar-refractivity contribution >= 4 is 11.8 Å². The summed E-state index contributed by atoms with van der Waals surface area (Å²) in [6, 6.07) is 0. The first-order chi connectivity index (χ1) is 5.57. The van der Waals surface area contributed by atoms with Crippen LogP contribution in [0.15, 0.2) is 0 Å². The van der Waals surface area contributed by atoms with Crippen molar-refractivity contribution in [3.8, 4) is 0 Å². The number of alkyl halides is 1. The third kappa shape index (κ3) is 4.82. The highest BCUT2D eigenvalue weighted by Gasteiger charge is 2.16. The Hall–Kier alpha value is -0.930. The van der Waals surface area contributed by atoms with Crippen LogP contribution in [-0.4, -0.2) is 24.5 Å². The summed E-state index contributed by atoms with van der Waals surface area (Å²) < 4.78 is 16.8. The van der Waals surface area contributed by atoms with Crippen LogP contribution in [0.5, 0.6) is 0 Å². The second kappa shape index (κ2) is 5.69. The molecule has 12 heavy (non-hydrogen) atoms. The van der Waals surface area contributed by atoms with Gasteiger partial charge in [0.2, 0.25) is 0 Å². The molecule has 0 aliphatic heterocycles. The predicted octanol–water partition coefficient (Wildman–Crippen LogP) is 1.26. The third-order valence-corrected chi connectivity index (χ3v) is 1.23. The van der Waals surface area contributed by atoms with Crippen molar-refractivity contribution in [3.63, 3.8) is 0 Å². The first kappa shape index (κ1) is 11.1. The van der Waals surface area contributed by atoms with Gasteiger partial charge in [-0.2, -0.15) is 0 Å². The smallest absolute Gasteiger partial charge is 0.313 e. The minimum Gasteiger partial charge on any atom is -0.465 e. The number of carbonyl (C=O) groups excluding carboxylic acids is 2. The standard InChI is InChI=1S/C8H13FO3/c1-3-4-12-8(11)5-7(10)6(2)9/h6H,3-5H2,1-2H3. The normalized spacial score (nSPS) is 12.2. The van der Waals surface area contributed by atoms with Gasteiger partial charge < -0.3 is 4.74 Å². The van der Waals surface area contributed by atoms with Crippen molar-refractivity contribution in [1.29, 1.82) is 0 Å². The van der Waals surface area contributed by atoms with Crippen LogP contribution in [-0.2, 0) is 14.3 Å². The van der Waals surface area contributed by atoms with Gasteiger partial charge in [-0.25, -0.2) is 4.39 Å². The summed E-state index contributed by atoms with van der Waals surface area (Å²) in [6.45, 7) is 3.23. The maximum absolute atomic E-state index is 12.2. The molecule has 1 unspecified atom stereocenters. The molecular formula is C8H13FO3. The first-order valence-electron chi connectivity index (χ1n) is 3.90. The fraction of sp³-hybridized carbons (Fsp3) is 0.750. The molecule has 0 aromatic carbocycles. The van der Waals surface area contributed by atoms with E-state index in [2.05, 4.69) is 4.74 Å². The number of carbonyl (C=O) groups is 2. The van der Waals surface area contributed by atoms with E-state index in [0.717, 1.165) is 6.92 Å². The molecule has 0 fully saturated rings. The minimum atomic E-state index is -1.58. The Balaban J connectivity index is 3.62. The van der Waals surface area contributed by atoms with Gasteiger partial charge in [-0.3, -0.25) is 9.59 Å². The molecule has 0 saturated carbocycles. The predicted molar refractivity (Wildman–Crippen MR) is 41.4 cm³/mol. The van der Waals surface area contributed by atoms with Crippen LogP contribution in [0.4, 0.5) is 4.39 Å². The minimum absolute atomic E-state index is 0.285. The van der Waals surface area contributed by atoms with E-state index in [1.54, 1.807) is 0 Å². The zero-order valence-corrected chi connectivity index (χ0v) is 7.30. The summed E-state index contributed by atoms with van der Waals surface area (Å²) in [7, 11) is 0. The van der Waals surface area contributed by atoms with E-state index in [4.69, 9.17) is 0 Å². The van der Waals surface area contributed by atoms with Crippen molar-refractivity contribution in [1.82, 2.24) is 0 Å². The molecule has 70 valence electrons. The highest BCUT2D eigenvalue weighted by molar-refractivity contribution is 5.97. The molecule has 0 aliphatic rings. The fourth-order valence-electron chi connectivity index (χ4n) is 0.550. The number of rotatable bonds is 5. The van der Waals surface area contributed by atoms with Gasteiger partial charge >= 0.3 is 5.97 Å². The van der Waals surface area contributed by atoms with Crippen LogP contribution in [0.1, 0.15) is 26.7 Å². The van der Waals surface area contributed by atoms with Gasteiger partial charge in [0.15, 0.2) is 12.0 Å². The van der Waals surface area contributed by atoms with E-state index in [9.17, 15) is 14.0 Å². The second-order valence-corrected chi connectivity index (χ2v) is 2.48. The van der Waals surface area contributed by atoms with Gasteiger partial charge in [0.1, 0.15) is 6.42 Å². The number of hydrogen-bond acceptors (Lipinski definition) is 3. The summed E-state index contributed by atoms with van der Waals surface area (Å²) in [5, 5.41) is 0. The monoisotopic (exact) mass is 176 g/mol. The molecule has 0 amide bonds. The summed E-state index contributed by atoms with van der Waals surface area (Å²) >= 11 is 0. The largest absolute Gasteiger partial charge is 0.465 e. The molecule has 0 rings (SSSR count). The van der Waals surface area contributed by atoms with Crippen molar-refractivity contribution < 1.29 is 18.7 Å². The summed E-state index contributed by atoms with van der Waals surface area (Å²) in [5.74, 6) is -1.37. The SMILES string of the molecule is CCCOC(=O)CC(=O)C(C)F. The van der Waals surface area contributed by atoms with Crippen LogP contribution in [0.3, 0.4) is 0 Å². The molecule has 3 nitrogen and oxygen atoms in total. The van der Waals surface area contributed by atoms with Crippen LogP contribution >= 0.6 is 0 Å². The van der Waals surface area contributed by atoms with E-state index >= 15 is 0 Å². The molecule has 4 heteroatoms. The van der Waals surface area contributed by atoms with Crippen molar-refractivity contribution in [3.05, 3.63) is 0 Å². The van der Waals surface area contributed by atoms with E-state index in [-0.39, 0.29) is 6.61 Å². The van der Waals surface area contributed by atoms with Crippen LogP contribution in [0, 0.1) is 0 Å². The topological polar surface area (TPSA) is 43.4 Å². The van der Waals surface area contributed by atoms with Gasteiger partial charge in [0.25, 0.3) is 0 Å². The Morgan fingerprint density at radius 1 is 1.50 bits per heavy atom. The number of halogens is 1. The lowest BCUT2D eigenvalue weighted by Crippen LogP contribution is -2.18. The maximum atomic E-state index is 12.2.